The number of ether oxygens (including phenoxy) is 1. The number of nitrogens with zero attached hydrogens (tertiary/aromatic N) is 1. The van der Waals surface area contributed by atoms with Gasteiger partial charge in [0.25, 0.3) is 0 Å². The van der Waals surface area contributed by atoms with Crippen molar-refractivity contribution in [3.8, 4) is 11.6 Å². The highest BCUT2D eigenvalue weighted by molar-refractivity contribution is 5.41. The molecule has 0 amide bonds. The van der Waals surface area contributed by atoms with Gasteiger partial charge in [0, 0.05) is 11.8 Å². The number of aliphatic hydroxyl groups is 1. The second-order valence-electron chi connectivity index (χ2n) is 5.61. The van der Waals surface area contributed by atoms with Crippen LogP contribution in [0.5, 0.6) is 11.6 Å². The standard InChI is InChI=1S/C18H23NO2/c1-5-15-9-14(11-20)10-18(19-15)21-17-8-13(4)6-7-16(17)12(2)3/h6-10,12,20H,5,11H2,1-4H3. The molecule has 0 aliphatic heterocycles. The van der Waals surface area contributed by atoms with Gasteiger partial charge in [-0.1, -0.05) is 32.9 Å². The smallest absolute Gasteiger partial charge is 0.219 e. The first-order valence-electron chi connectivity index (χ1n) is 7.42. The van der Waals surface area contributed by atoms with Crippen molar-refractivity contribution in [2.24, 2.45) is 0 Å². The van der Waals surface area contributed by atoms with Crippen molar-refractivity contribution in [2.45, 2.75) is 46.6 Å². The number of aromatic nitrogens is 1. The SMILES string of the molecule is CCc1cc(CO)cc(Oc2cc(C)ccc2C(C)C)n1. The molecule has 0 fully saturated rings. The molecule has 0 aliphatic rings. The minimum Gasteiger partial charge on any atom is -0.439 e. The Bertz CT molecular complexity index is 598. The fourth-order valence-electron chi connectivity index (χ4n) is 2.26. The second-order valence-corrected chi connectivity index (χ2v) is 5.61. The summed E-state index contributed by atoms with van der Waals surface area (Å²) in [7, 11) is 0. The molecule has 2 rings (SSSR count). The predicted octanol–water partition coefficient (Wildman–Crippen LogP) is 4.36. The van der Waals surface area contributed by atoms with Gasteiger partial charge in [-0.3, -0.25) is 0 Å². The monoisotopic (exact) mass is 285 g/mol. The molecule has 112 valence electrons. The molecule has 0 saturated heterocycles. The van der Waals surface area contributed by atoms with E-state index in [-0.39, 0.29) is 6.61 Å². The number of benzene rings is 1. The fourth-order valence-corrected chi connectivity index (χ4v) is 2.26. The second kappa shape index (κ2) is 6.72. The van der Waals surface area contributed by atoms with Gasteiger partial charge in [0.05, 0.1) is 6.61 Å². The molecular weight excluding hydrogens is 262 g/mol. The van der Waals surface area contributed by atoms with E-state index in [0.717, 1.165) is 34.6 Å². The Morgan fingerprint density at radius 3 is 2.57 bits per heavy atom. The Morgan fingerprint density at radius 1 is 1.19 bits per heavy atom. The van der Waals surface area contributed by atoms with Crippen molar-refractivity contribution in [3.05, 3.63) is 52.7 Å². The van der Waals surface area contributed by atoms with Gasteiger partial charge >= 0.3 is 0 Å². The Hall–Kier alpha value is -1.87. The lowest BCUT2D eigenvalue weighted by Gasteiger charge is -2.15. The third-order valence-corrected chi connectivity index (χ3v) is 3.47. The van der Waals surface area contributed by atoms with E-state index in [1.54, 1.807) is 6.07 Å². The summed E-state index contributed by atoms with van der Waals surface area (Å²) >= 11 is 0. The summed E-state index contributed by atoms with van der Waals surface area (Å²) in [6.07, 6.45) is 0.815. The third kappa shape index (κ3) is 3.82. The van der Waals surface area contributed by atoms with Crippen molar-refractivity contribution in [1.82, 2.24) is 4.98 Å². The Morgan fingerprint density at radius 2 is 1.95 bits per heavy atom. The first-order chi connectivity index (χ1) is 10.0. The fraction of sp³-hybridized carbons (Fsp3) is 0.389. The summed E-state index contributed by atoms with van der Waals surface area (Å²) in [5.74, 6) is 1.77. The Balaban J connectivity index is 2.39. The lowest BCUT2D eigenvalue weighted by molar-refractivity contribution is 0.280. The lowest BCUT2D eigenvalue weighted by atomic mass is 10.0. The molecular formula is C18H23NO2. The average Bonchev–Trinajstić information content (AvgIpc) is 2.46. The van der Waals surface area contributed by atoms with Crippen LogP contribution in [0, 0.1) is 6.92 Å². The van der Waals surface area contributed by atoms with Crippen molar-refractivity contribution in [2.75, 3.05) is 0 Å². The van der Waals surface area contributed by atoms with Crippen LogP contribution in [0.3, 0.4) is 0 Å². The highest BCUT2D eigenvalue weighted by atomic mass is 16.5. The molecule has 1 N–H and O–H groups in total. The van der Waals surface area contributed by atoms with E-state index in [1.807, 2.05) is 26.0 Å². The van der Waals surface area contributed by atoms with Crippen molar-refractivity contribution >= 4 is 0 Å². The summed E-state index contributed by atoms with van der Waals surface area (Å²) in [5.41, 5.74) is 4.07. The summed E-state index contributed by atoms with van der Waals surface area (Å²) < 4.78 is 6.01. The Kier molecular flexibility index (Phi) is 4.97. The van der Waals surface area contributed by atoms with Gasteiger partial charge in [0.1, 0.15) is 5.75 Å². The molecule has 3 heteroatoms. The van der Waals surface area contributed by atoms with Crippen LogP contribution >= 0.6 is 0 Å². The molecule has 3 nitrogen and oxygen atoms in total. The number of rotatable bonds is 5. The van der Waals surface area contributed by atoms with Gasteiger partial charge in [0.2, 0.25) is 5.88 Å². The van der Waals surface area contributed by atoms with E-state index < -0.39 is 0 Å². The molecule has 1 heterocycles. The minimum atomic E-state index is -0.00324. The number of pyridine rings is 1. The summed E-state index contributed by atoms with van der Waals surface area (Å²) in [4.78, 5) is 4.49. The van der Waals surface area contributed by atoms with Crippen molar-refractivity contribution in [3.63, 3.8) is 0 Å². The van der Waals surface area contributed by atoms with E-state index in [9.17, 15) is 5.11 Å². The van der Waals surface area contributed by atoms with Crippen LogP contribution in [0.2, 0.25) is 0 Å². The largest absolute Gasteiger partial charge is 0.439 e. The van der Waals surface area contributed by atoms with E-state index in [4.69, 9.17) is 4.74 Å². The third-order valence-electron chi connectivity index (χ3n) is 3.47. The van der Waals surface area contributed by atoms with Crippen LogP contribution in [0.4, 0.5) is 0 Å². The number of aryl methyl sites for hydroxylation is 2. The predicted molar refractivity (Wildman–Crippen MR) is 84.9 cm³/mol. The highest BCUT2D eigenvalue weighted by Gasteiger charge is 2.11. The Labute approximate surface area is 126 Å². The maximum atomic E-state index is 9.35. The topological polar surface area (TPSA) is 42.4 Å². The molecule has 21 heavy (non-hydrogen) atoms. The van der Waals surface area contributed by atoms with E-state index in [2.05, 4.69) is 31.0 Å². The number of hydrogen-bond donors (Lipinski definition) is 1. The highest BCUT2D eigenvalue weighted by Crippen LogP contribution is 2.31. The van der Waals surface area contributed by atoms with E-state index in [1.165, 1.54) is 0 Å². The lowest BCUT2D eigenvalue weighted by Crippen LogP contribution is -1.99. The maximum absolute atomic E-state index is 9.35. The van der Waals surface area contributed by atoms with E-state index >= 15 is 0 Å². The van der Waals surface area contributed by atoms with Crippen LogP contribution < -0.4 is 4.74 Å². The van der Waals surface area contributed by atoms with Crippen LogP contribution in [-0.2, 0) is 13.0 Å². The zero-order valence-corrected chi connectivity index (χ0v) is 13.2. The van der Waals surface area contributed by atoms with Crippen LogP contribution in [0.15, 0.2) is 30.3 Å². The summed E-state index contributed by atoms with van der Waals surface area (Å²) in [6, 6.07) is 9.94. The normalized spacial score (nSPS) is 11.0. The van der Waals surface area contributed by atoms with Gasteiger partial charge in [-0.15, -0.1) is 0 Å². The first kappa shape index (κ1) is 15.5. The molecule has 2 aromatic rings. The van der Waals surface area contributed by atoms with Crippen LogP contribution in [0.25, 0.3) is 0 Å². The molecule has 0 unspecified atom stereocenters. The summed E-state index contributed by atoms with van der Waals surface area (Å²) in [6.45, 7) is 8.38. The minimum absolute atomic E-state index is 0.00324. The summed E-state index contributed by atoms with van der Waals surface area (Å²) in [5, 5.41) is 9.35. The molecule has 0 saturated carbocycles. The van der Waals surface area contributed by atoms with Gasteiger partial charge in [-0.2, -0.15) is 0 Å². The zero-order chi connectivity index (χ0) is 15.4. The maximum Gasteiger partial charge on any atom is 0.219 e. The molecule has 0 radical (unpaired) electrons. The van der Waals surface area contributed by atoms with E-state index in [0.29, 0.717) is 11.8 Å². The van der Waals surface area contributed by atoms with Crippen molar-refractivity contribution < 1.29 is 9.84 Å². The number of hydrogen-bond acceptors (Lipinski definition) is 3. The number of aliphatic hydroxyl groups excluding tert-OH is 1. The molecule has 0 aliphatic carbocycles. The molecule has 1 aromatic heterocycles. The zero-order valence-electron chi connectivity index (χ0n) is 13.2. The van der Waals surface area contributed by atoms with Gasteiger partial charge in [-0.25, -0.2) is 4.98 Å². The van der Waals surface area contributed by atoms with Gasteiger partial charge in [-0.05, 0) is 48.1 Å². The van der Waals surface area contributed by atoms with Crippen molar-refractivity contribution in [1.29, 1.82) is 0 Å². The van der Waals surface area contributed by atoms with Gasteiger partial charge < -0.3 is 9.84 Å². The molecule has 0 atom stereocenters. The quantitative estimate of drug-likeness (QED) is 0.887. The molecule has 1 aromatic carbocycles. The molecule has 0 spiro atoms. The average molecular weight is 285 g/mol. The first-order valence-corrected chi connectivity index (χ1v) is 7.42. The molecule has 0 bridgehead atoms. The van der Waals surface area contributed by atoms with Gasteiger partial charge in [0.15, 0.2) is 0 Å². The van der Waals surface area contributed by atoms with Crippen LogP contribution in [-0.4, -0.2) is 10.1 Å². The van der Waals surface area contributed by atoms with Crippen LogP contribution in [0.1, 0.15) is 49.1 Å².